The van der Waals surface area contributed by atoms with Gasteiger partial charge in [-0.2, -0.15) is 0 Å². The number of likely N-dealkylation sites (N-methyl/N-ethyl adjacent to an activating group) is 1. The Hall–Kier alpha value is -1.23. The van der Waals surface area contributed by atoms with Crippen LogP contribution in [0.3, 0.4) is 0 Å². The SMILES string of the molecule is CCC(=O)CCC(NC(=O)CNC)C(C)=O. The predicted octanol–water partition coefficient (Wildman–Crippen LogP) is 0.0389. The van der Waals surface area contributed by atoms with E-state index in [1.807, 2.05) is 0 Å². The van der Waals surface area contributed by atoms with Gasteiger partial charge in [0.2, 0.25) is 5.91 Å². The number of carbonyl (C=O) groups is 3. The van der Waals surface area contributed by atoms with Crippen LogP contribution in [-0.4, -0.2) is 37.1 Å². The molecule has 0 aromatic heterocycles. The molecule has 1 unspecified atom stereocenters. The highest BCUT2D eigenvalue weighted by molar-refractivity contribution is 5.88. The van der Waals surface area contributed by atoms with Crippen LogP contribution < -0.4 is 10.6 Å². The Bertz CT molecular complexity index is 264. The third-order valence-corrected chi connectivity index (χ3v) is 2.27. The summed E-state index contributed by atoms with van der Waals surface area (Å²) < 4.78 is 0. The summed E-state index contributed by atoms with van der Waals surface area (Å²) in [5, 5.41) is 5.29. The highest BCUT2D eigenvalue weighted by Crippen LogP contribution is 2.01. The van der Waals surface area contributed by atoms with Crippen LogP contribution in [0.15, 0.2) is 0 Å². The van der Waals surface area contributed by atoms with Crippen molar-refractivity contribution < 1.29 is 14.4 Å². The van der Waals surface area contributed by atoms with Crippen molar-refractivity contribution in [1.82, 2.24) is 10.6 Å². The first-order valence-electron chi connectivity index (χ1n) is 5.47. The largest absolute Gasteiger partial charge is 0.345 e. The molecular formula is C11H20N2O3. The third kappa shape index (κ3) is 6.29. The number of hydrogen-bond donors (Lipinski definition) is 2. The van der Waals surface area contributed by atoms with E-state index in [4.69, 9.17) is 0 Å². The molecule has 0 rings (SSSR count). The van der Waals surface area contributed by atoms with E-state index in [2.05, 4.69) is 10.6 Å². The second kappa shape index (κ2) is 7.98. The summed E-state index contributed by atoms with van der Waals surface area (Å²) in [5.74, 6) is -0.242. The lowest BCUT2D eigenvalue weighted by Crippen LogP contribution is -2.43. The van der Waals surface area contributed by atoms with Gasteiger partial charge in [0.15, 0.2) is 5.78 Å². The van der Waals surface area contributed by atoms with Crippen LogP contribution in [0.4, 0.5) is 0 Å². The number of hydrogen-bond acceptors (Lipinski definition) is 4. The molecule has 1 atom stereocenters. The van der Waals surface area contributed by atoms with Gasteiger partial charge in [-0.1, -0.05) is 6.92 Å². The summed E-state index contributed by atoms with van der Waals surface area (Å²) in [7, 11) is 1.66. The summed E-state index contributed by atoms with van der Waals surface area (Å²) in [6.45, 7) is 3.37. The molecule has 0 aliphatic rings. The molecule has 16 heavy (non-hydrogen) atoms. The first kappa shape index (κ1) is 14.8. The van der Waals surface area contributed by atoms with Crippen LogP contribution >= 0.6 is 0 Å². The van der Waals surface area contributed by atoms with Crippen molar-refractivity contribution in [3.63, 3.8) is 0 Å². The highest BCUT2D eigenvalue weighted by Gasteiger charge is 2.17. The molecule has 5 nitrogen and oxygen atoms in total. The van der Waals surface area contributed by atoms with Gasteiger partial charge in [0.05, 0.1) is 12.6 Å². The van der Waals surface area contributed by atoms with Crippen molar-refractivity contribution in [1.29, 1.82) is 0 Å². The summed E-state index contributed by atoms with van der Waals surface area (Å²) in [4.78, 5) is 33.6. The number of nitrogens with one attached hydrogen (secondary N) is 2. The normalized spacial score (nSPS) is 11.9. The Balaban J connectivity index is 4.12. The first-order chi connectivity index (χ1) is 7.51. The van der Waals surface area contributed by atoms with Gasteiger partial charge in [-0.3, -0.25) is 14.4 Å². The molecule has 0 saturated heterocycles. The molecule has 0 aromatic carbocycles. The molecule has 0 aromatic rings. The minimum atomic E-state index is -0.545. The van der Waals surface area contributed by atoms with E-state index in [1.54, 1.807) is 14.0 Å². The topological polar surface area (TPSA) is 75.3 Å². The molecule has 1 amide bonds. The molecule has 0 heterocycles. The minimum Gasteiger partial charge on any atom is -0.345 e. The van der Waals surface area contributed by atoms with Gasteiger partial charge in [0.25, 0.3) is 0 Å². The van der Waals surface area contributed by atoms with Crippen LogP contribution in [0, 0.1) is 0 Å². The Labute approximate surface area is 96.0 Å². The van der Waals surface area contributed by atoms with Crippen molar-refractivity contribution in [3.05, 3.63) is 0 Å². The number of Topliss-reactive ketones (excluding diaryl/α,β-unsaturated/α-hetero) is 2. The third-order valence-electron chi connectivity index (χ3n) is 2.27. The van der Waals surface area contributed by atoms with E-state index >= 15 is 0 Å². The average molecular weight is 228 g/mol. The van der Waals surface area contributed by atoms with Crippen LogP contribution in [0.1, 0.15) is 33.1 Å². The molecule has 0 spiro atoms. The van der Waals surface area contributed by atoms with E-state index < -0.39 is 6.04 Å². The number of ketones is 2. The van der Waals surface area contributed by atoms with Crippen LogP contribution in [0.25, 0.3) is 0 Å². The zero-order chi connectivity index (χ0) is 12.6. The lowest BCUT2D eigenvalue weighted by molar-refractivity contribution is -0.127. The van der Waals surface area contributed by atoms with E-state index in [-0.39, 0.29) is 24.0 Å². The molecule has 0 radical (unpaired) electrons. The number of amides is 1. The monoisotopic (exact) mass is 228 g/mol. The molecule has 0 saturated carbocycles. The summed E-state index contributed by atoms with van der Waals surface area (Å²) in [5.41, 5.74) is 0. The van der Waals surface area contributed by atoms with Gasteiger partial charge in [0.1, 0.15) is 5.78 Å². The second-order valence-corrected chi connectivity index (χ2v) is 3.69. The van der Waals surface area contributed by atoms with Crippen LogP contribution in [-0.2, 0) is 14.4 Å². The van der Waals surface area contributed by atoms with Crippen molar-refractivity contribution in [3.8, 4) is 0 Å². The van der Waals surface area contributed by atoms with Crippen LogP contribution in [0.5, 0.6) is 0 Å². The van der Waals surface area contributed by atoms with Crippen molar-refractivity contribution in [2.24, 2.45) is 0 Å². The Morgan fingerprint density at radius 3 is 2.31 bits per heavy atom. The van der Waals surface area contributed by atoms with E-state index in [1.165, 1.54) is 6.92 Å². The zero-order valence-electron chi connectivity index (χ0n) is 10.1. The molecular weight excluding hydrogens is 208 g/mol. The molecule has 0 aliphatic heterocycles. The fraction of sp³-hybridized carbons (Fsp3) is 0.727. The molecule has 0 bridgehead atoms. The van der Waals surface area contributed by atoms with E-state index in [9.17, 15) is 14.4 Å². The van der Waals surface area contributed by atoms with E-state index in [0.29, 0.717) is 19.3 Å². The molecule has 0 fully saturated rings. The minimum absolute atomic E-state index is 0.106. The van der Waals surface area contributed by atoms with Crippen molar-refractivity contribution in [2.45, 2.75) is 39.2 Å². The fourth-order valence-electron chi connectivity index (χ4n) is 1.27. The van der Waals surface area contributed by atoms with Gasteiger partial charge in [0, 0.05) is 12.8 Å². The van der Waals surface area contributed by atoms with Gasteiger partial charge >= 0.3 is 0 Å². The molecule has 92 valence electrons. The fourth-order valence-corrected chi connectivity index (χ4v) is 1.27. The average Bonchev–Trinajstić information content (AvgIpc) is 2.23. The van der Waals surface area contributed by atoms with Crippen molar-refractivity contribution in [2.75, 3.05) is 13.6 Å². The Morgan fingerprint density at radius 2 is 1.88 bits per heavy atom. The molecule has 5 heteroatoms. The van der Waals surface area contributed by atoms with Crippen molar-refractivity contribution >= 4 is 17.5 Å². The highest BCUT2D eigenvalue weighted by atomic mass is 16.2. The zero-order valence-corrected chi connectivity index (χ0v) is 10.1. The lowest BCUT2D eigenvalue weighted by Gasteiger charge is -2.15. The maximum Gasteiger partial charge on any atom is 0.234 e. The molecule has 0 aliphatic carbocycles. The van der Waals surface area contributed by atoms with Gasteiger partial charge < -0.3 is 10.6 Å². The maximum atomic E-state index is 11.3. The standard InChI is InChI=1S/C11H20N2O3/c1-4-9(15)5-6-10(8(2)14)13-11(16)7-12-3/h10,12H,4-7H2,1-3H3,(H,13,16). The van der Waals surface area contributed by atoms with Gasteiger partial charge in [-0.25, -0.2) is 0 Å². The van der Waals surface area contributed by atoms with Crippen LogP contribution in [0.2, 0.25) is 0 Å². The summed E-state index contributed by atoms with van der Waals surface area (Å²) in [6.07, 6.45) is 1.19. The lowest BCUT2D eigenvalue weighted by atomic mass is 10.0. The summed E-state index contributed by atoms with van der Waals surface area (Å²) in [6, 6.07) is -0.545. The van der Waals surface area contributed by atoms with Gasteiger partial charge in [-0.05, 0) is 20.4 Å². The Kier molecular flexibility index (Phi) is 7.37. The maximum absolute atomic E-state index is 11.3. The Morgan fingerprint density at radius 1 is 1.25 bits per heavy atom. The quantitative estimate of drug-likeness (QED) is 0.615. The molecule has 2 N–H and O–H groups in total. The number of rotatable bonds is 8. The predicted molar refractivity (Wildman–Crippen MR) is 61.1 cm³/mol. The summed E-state index contributed by atoms with van der Waals surface area (Å²) >= 11 is 0. The first-order valence-corrected chi connectivity index (χ1v) is 5.47. The number of carbonyl (C=O) groups excluding carboxylic acids is 3. The van der Waals surface area contributed by atoms with E-state index in [0.717, 1.165) is 0 Å². The smallest absolute Gasteiger partial charge is 0.234 e. The van der Waals surface area contributed by atoms with Gasteiger partial charge in [-0.15, -0.1) is 0 Å². The second-order valence-electron chi connectivity index (χ2n) is 3.69.